The quantitative estimate of drug-likeness (QED) is 0.0195. The van der Waals surface area contributed by atoms with Gasteiger partial charge in [0.15, 0.2) is 6.10 Å². The number of carbonyl (C=O) groups is 2. The summed E-state index contributed by atoms with van der Waals surface area (Å²) in [5, 5.41) is 0. The second-order valence-electron chi connectivity index (χ2n) is 21.4. The number of carbonyl (C=O) groups excluding carboxylic acids is 2. The maximum Gasteiger partial charge on any atom is 0.306 e. The van der Waals surface area contributed by atoms with Gasteiger partial charge in [-0.25, -0.2) is 0 Å². The first-order valence-corrected chi connectivity index (χ1v) is 31.3. The van der Waals surface area contributed by atoms with Crippen LogP contribution in [0.1, 0.15) is 277 Å². The number of ether oxygens (including phenoxy) is 2. The van der Waals surface area contributed by atoms with E-state index in [9.17, 15) is 19.0 Å². The van der Waals surface area contributed by atoms with E-state index in [1.807, 2.05) is 21.1 Å². The third-order valence-corrected chi connectivity index (χ3v) is 14.0. The molecule has 0 aromatic carbocycles. The van der Waals surface area contributed by atoms with E-state index in [0.29, 0.717) is 17.4 Å². The normalized spacial score (nSPS) is 13.6. The summed E-state index contributed by atoms with van der Waals surface area (Å²) in [6, 6.07) is 0. The van der Waals surface area contributed by atoms with Gasteiger partial charge in [-0.2, -0.15) is 0 Å². The zero-order valence-corrected chi connectivity index (χ0v) is 48.1. The summed E-state index contributed by atoms with van der Waals surface area (Å²) >= 11 is 0. The third kappa shape index (κ3) is 57.1. The maximum absolute atomic E-state index is 12.8. The number of hydrogen-bond donors (Lipinski definition) is 0. The Morgan fingerprint density at radius 3 is 1.13 bits per heavy atom. The highest BCUT2D eigenvalue weighted by molar-refractivity contribution is 7.45. The Labute approximate surface area is 439 Å². The van der Waals surface area contributed by atoms with Gasteiger partial charge < -0.3 is 27.9 Å². The molecule has 0 aromatic heterocycles. The molecule has 0 aliphatic carbocycles. The van der Waals surface area contributed by atoms with Crippen LogP contribution in [0, 0.1) is 0 Å². The van der Waals surface area contributed by atoms with E-state index in [1.54, 1.807) is 0 Å². The second-order valence-corrected chi connectivity index (χ2v) is 22.8. The Morgan fingerprint density at radius 2 is 0.761 bits per heavy atom. The van der Waals surface area contributed by atoms with Crippen molar-refractivity contribution in [3.8, 4) is 0 Å². The van der Waals surface area contributed by atoms with Gasteiger partial charge in [0.25, 0.3) is 7.82 Å². The molecule has 0 fully saturated rings. The number of likely N-dealkylation sites (N-methyl/N-ethyl adjacent to an activating group) is 1. The first-order valence-electron chi connectivity index (χ1n) is 29.8. The number of quaternary nitrogens is 1. The highest BCUT2D eigenvalue weighted by Crippen LogP contribution is 2.38. The zero-order valence-electron chi connectivity index (χ0n) is 47.2. The average molecular weight is 1020 g/mol. The Balaban J connectivity index is 4.10. The van der Waals surface area contributed by atoms with Crippen molar-refractivity contribution >= 4 is 19.8 Å². The van der Waals surface area contributed by atoms with Gasteiger partial charge in [-0.15, -0.1) is 0 Å². The molecule has 0 aliphatic rings. The number of esters is 2. The predicted molar refractivity (Wildman–Crippen MR) is 300 cm³/mol. The number of phosphoric acid groups is 1. The van der Waals surface area contributed by atoms with Gasteiger partial charge in [0.1, 0.15) is 19.8 Å². The summed E-state index contributed by atoms with van der Waals surface area (Å²) < 4.78 is 34.2. The van der Waals surface area contributed by atoms with E-state index in [-0.39, 0.29) is 32.0 Å². The topological polar surface area (TPSA) is 111 Å². The lowest BCUT2D eigenvalue weighted by molar-refractivity contribution is -0.870. The molecule has 2 atom stereocenters. The van der Waals surface area contributed by atoms with Crippen molar-refractivity contribution in [2.75, 3.05) is 47.5 Å². The Morgan fingerprint density at radius 1 is 0.437 bits per heavy atom. The molecule has 71 heavy (non-hydrogen) atoms. The van der Waals surface area contributed by atoms with Crippen molar-refractivity contribution in [3.05, 3.63) is 48.6 Å². The smallest absolute Gasteiger partial charge is 0.306 e. The molecule has 0 bridgehead atoms. The minimum absolute atomic E-state index is 0.0319. The van der Waals surface area contributed by atoms with E-state index in [4.69, 9.17) is 18.5 Å². The standard InChI is InChI=1S/C61H114NO8P/c1-6-8-10-12-14-16-18-20-22-24-26-27-28-29-30-31-32-33-34-35-36-38-40-42-44-46-48-50-52-54-61(64)70-59(58-69-71(65,66)68-56-55-62(3,4)5)57-67-60(63)53-51-49-47-45-43-41-39-37-25-23-21-19-17-15-13-11-9-7-2/h17-20,23-26,59H,6-16,21-22,27-58H2,1-5H3/b19-17-,20-18-,25-23-,26-24-. The van der Waals surface area contributed by atoms with Gasteiger partial charge in [0.05, 0.1) is 27.7 Å². The molecule has 0 saturated heterocycles. The number of phosphoric ester groups is 1. The van der Waals surface area contributed by atoms with Gasteiger partial charge in [0.2, 0.25) is 0 Å². The number of nitrogens with zero attached hydrogens (tertiary/aromatic N) is 1. The van der Waals surface area contributed by atoms with Gasteiger partial charge in [0, 0.05) is 12.8 Å². The monoisotopic (exact) mass is 1020 g/mol. The van der Waals surface area contributed by atoms with Gasteiger partial charge in [-0.1, -0.05) is 236 Å². The fraction of sp³-hybridized carbons (Fsp3) is 0.836. The van der Waals surface area contributed by atoms with E-state index in [0.717, 1.165) is 64.2 Å². The Kier molecular flexibility index (Phi) is 51.3. The van der Waals surface area contributed by atoms with Crippen LogP contribution in [0.5, 0.6) is 0 Å². The summed E-state index contributed by atoms with van der Waals surface area (Å²) in [5.74, 6) is -0.833. The molecule has 0 radical (unpaired) electrons. The van der Waals surface area contributed by atoms with Crippen LogP contribution in [0.3, 0.4) is 0 Å². The van der Waals surface area contributed by atoms with Crippen molar-refractivity contribution in [1.29, 1.82) is 0 Å². The van der Waals surface area contributed by atoms with E-state index < -0.39 is 26.5 Å². The predicted octanol–water partition coefficient (Wildman–Crippen LogP) is 17.9. The summed E-state index contributed by atoms with van der Waals surface area (Å²) in [6.07, 6.45) is 65.9. The molecular weight excluding hydrogens is 906 g/mol. The lowest BCUT2D eigenvalue weighted by atomic mass is 10.0. The minimum Gasteiger partial charge on any atom is -0.756 e. The van der Waals surface area contributed by atoms with Crippen LogP contribution in [0.2, 0.25) is 0 Å². The van der Waals surface area contributed by atoms with Crippen LogP contribution in [-0.4, -0.2) is 70.0 Å². The number of unbranched alkanes of at least 4 members (excludes halogenated alkanes) is 33. The largest absolute Gasteiger partial charge is 0.756 e. The molecule has 416 valence electrons. The molecule has 0 spiro atoms. The molecule has 0 aliphatic heterocycles. The molecule has 0 saturated carbocycles. The van der Waals surface area contributed by atoms with Crippen LogP contribution in [-0.2, 0) is 32.7 Å². The van der Waals surface area contributed by atoms with E-state index in [2.05, 4.69) is 62.5 Å². The highest BCUT2D eigenvalue weighted by atomic mass is 31.2. The van der Waals surface area contributed by atoms with Gasteiger partial charge in [-0.3, -0.25) is 14.2 Å². The fourth-order valence-electron chi connectivity index (χ4n) is 8.42. The van der Waals surface area contributed by atoms with Crippen molar-refractivity contribution in [1.82, 2.24) is 0 Å². The zero-order chi connectivity index (χ0) is 52.0. The number of rotatable bonds is 55. The molecule has 0 heterocycles. The Bertz CT molecular complexity index is 1340. The molecular formula is C61H114NO8P. The number of hydrogen-bond acceptors (Lipinski definition) is 8. The molecule has 0 aromatic rings. The summed E-state index contributed by atoms with van der Waals surface area (Å²) in [4.78, 5) is 37.9. The Hall–Kier alpha value is -2.03. The van der Waals surface area contributed by atoms with E-state index in [1.165, 1.54) is 180 Å². The second kappa shape index (κ2) is 52.8. The van der Waals surface area contributed by atoms with Crippen LogP contribution >= 0.6 is 7.82 Å². The van der Waals surface area contributed by atoms with E-state index >= 15 is 0 Å². The van der Waals surface area contributed by atoms with Crippen molar-refractivity contribution in [2.45, 2.75) is 283 Å². The lowest BCUT2D eigenvalue weighted by Crippen LogP contribution is -2.37. The average Bonchev–Trinajstić information content (AvgIpc) is 3.33. The van der Waals surface area contributed by atoms with Crippen molar-refractivity contribution < 1.29 is 42.1 Å². The summed E-state index contributed by atoms with van der Waals surface area (Å²) in [5.41, 5.74) is 0. The summed E-state index contributed by atoms with van der Waals surface area (Å²) in [7, 11) is 1.17. The first kappa shape index (κ1) is 69.0. The maximum atomic E-state index is 12.8. The van der Waals surface area contributed by atoms with Crippen LogP contribution in [0.25, 0.3) is 0 Å². The van der Waals surface area contributed by atoms with Crippen LogP contribution in [0.4, 0.5) is 0 Å². The molecule has 0 amide bonds. The van der Waals surface area contributed by atoms with Crippen molar-refractivity contribution in [3.63, 3.8) is 0 Å². The third-order valence-electron chi connectivity index (χ3n) is 13.1. The van der Waals surface area contributed by atoms with Gasteiger partial charge >= 0.3 is 11.9 Å². The fourth-order valence-corrected chi connectivity index (χ4v) is 9.15. The SMILES string of the molecule is CCCCCC/C=C\C/C=C\CCCCCCCCCC(=O)OCC(COP(=O)([O-])OCC[N+](C)(C)C)OC(=O)CCCCCCCCCCCCCCCCCCC/C=C\C/C=C\CCCCCCC. The molecule has 2 unspecified atom stereocenters. The molecule has 0 N–H and O–H groups in total. The van der Waals surface area contributed by atoms with Crippen LogP contribution in [0.15, 0.2) is 48.6 Å². The van der Waals surface area contributed by atoms with Crippen molar-refractivity contribution in [2.24, 2.45) is 0 Å². The first-order chi connectivity index (χ1) is 34.5. The lowest BCUT2D eigenvalue weighted by Gasteiger charge is -2.28. The van der Waals surface area contributed by atoms with Crippen LogP contribution < -0.4 is 4.89 Å². The number of allylic oxidation sites excluding steroid dienone is 8. The molecule has 9 nitrogen and oxygen atoms in total. The molecule has 10 heteroatoms. The highest BCUT2D eigenvalue weighted by Gasteiger charge is 2.22. The summed E-state index contributed by atoms with van der Waals surface area (Å²) in [6.45, 7) is 4.23. The van der Waals surface area contributed by atoms with Gasteiger partial charge in [-0.05, 0) is 77.0 Å². The molecule has 0 rings (SSSR count). The minimum atomic E-state index is -4.64.